The largest absolute Gasteiger partial charge is 0.294 e. The molecule has 16 heavy (non-hydrogen) atoms. The SMILES string of the molecule is CC(=O)c1cccnc1-n1cnc(I)c1I. The lowest BCUT2D eigenvalue weighted by atomic mass is 10.2. The third-order valence-electron chi connectivity index (χ3n) is 2.06. The van der Waals surface area contributed by atoms with E-state index in [2.05, 4.69) is 55.1 Å². The number of halogens is 2. The lowest BCUT2D eigenvalue weighted by molar-refractivity contribution is 0.101. The van der Waals surface area contributed by atoms with E-state index in [1.165, 1.54) is 6.92 Å². The first-order chi connectivity index (χ1) is 7.61. The standard InChI is InChI=1S/C10H7I2N3O/c1-6(16)7-3-2-4-13-10(7)15-5-14-8(11)9(15)12/h2-5H,1H3. The molecule has 0 bridgehead atoms. The minimum atomic E-state index is 0.00241. The molecule has 4 nitrogen and oxygen atoms in total. The molecule has 2 aromatic heterocycles. The van der Waals surface area contributed by atoms with E-state index in [4.69, 9.17) is 0 Å². The van der Waals surface area contributed by atoms with Crippen molar-refractivity contribution in [3.8, 4) is 5.82 Å². The molecule has 0 spiro atoms. The minimum absolute atomic E-state index is 0.00241. The number of pyridine rings is 1. The fraction of sp³-hybridized carbons (Fsp3) is 0.100. The van der Waals surface area contributed by atoms with Gasteiger partial charge in [0.2, 0.25) is 0 Å². The predicted octanol–water partition coefficient (Wildman–Crippen LogP) is 2.68. The molecule has 0 aliphatic carbocycles. The van der Waals surface area contributed by atoms with Crippen LogP contribution in [-0.4, -0.2) is 20.3 Å². The number of ketones is 1. The molecule has 0 unspecified atom stereocenters. The van der Waals surface area contributed by atoms with E-state index < -0.39 is 0 Å². The number of carbonyl (C=O) groups is 1. The van der Waals surface area contributed by atoms with Crippen LogP contribution in [0.2, 0.25) is 0 Å². The lowest BCUT2D eigenvalue weighted by Crippen LogP contribution is -2.06. The number of nitrogens with zero attached hydrogens (tertiary/aromatic N) is 3. The van der Waals surface area contributed by atoms with E-state index >= 15 is 0 Å². The van der Waals surface area contributed by atoms with Gasteiger partial charge in [-0.05, 0) is 64.2 Å². The highest BCUT2D eigenvalue weighted by atomic mass is 127. The summed E-state index contributed by atoms with van der Waals surface area (Å²) < 4.78 is 3.68. The van der Waals surface area contributed by atoms with Crippen molar-refractivity contribution < 1.29 is 4.79 Å². The Morgan fingerprint density at radius 1 is 1.38 bits per heavy atom. The van der Waals surface area contributed by atoms with Gasteiger partial charge in [0.1, 0.15) is 19.5 Å². The maximum atomic E-state index is 11.5. The molecule has 0 saturated heterocycles. The second-order valence-electron chi connectivity index (χ2n) is 3.13. The van der Waals surface area contributed by atoms with Crippen molar-refractivity contribution in [2.75, 3.05) is 0 Å². The fourth-order valence-electron chi connectivity index (χ4n) is 1.32. The zero-order chi connectivity index (χ0) is 11.7. The van der Waals surface area contributed by atoms with Crippen molar-refractivity contribution in [1.82, 2.24) is 14.5 Å². The zero-order valence-corrected chi connectivity index (χ0v) is 12.6. The van der Waals surface area contributed by atoms with Crippen molar-refractivity contribution in [3.63, 3.8) is 0 Å². The van der Waals surface area contributed by atoms with Crippen molar-refractivity contribution in [3.05, 3.63) is 37.6 Å². The highest BCUT2D eigenvalue weighted by Gasteiger charge is 2.13. The van der Waals surface area contributed by atoms with Crippen LogP contribution < -0.4 is 0 Å². The Bertz CT molecular complexity index is 551. The van der Waals surface area contributed by atoms with Crippen LogP contribution in [0.5, 0.6) is 0 Å². The van der Waals surface area contributed by atoms with Gasteiger partial charge in [0, 0.05) is 6.20 Å². The number of hydrogen-bond donors (Lipinski definition) is 0. The molecular weight excluding hydrogens is 432 g/mol. The fourth-order valence-corrected chi connectivity index (χ4v) is 2.20. The van der Waals surface area contributed by atoms with Gasteiger partial charge in [-0.15, -0.1) is 0 Å². The molecule has 0 aliphatic heterocycles. The third kappa shape index (κ3) is 2.12. The van der Waals surface area contributed by atoms with Crippen molar-refractivity contribution >= 4 is 51.0 Å². The van der Waals surface area contributed by atoms with Crippen molar-refractivity contribution in [1.29, 1.82) is 0 Å². The Morgan fingerprint density at radius 3 is 2.69 bits per heavy atom. The molecule has 2 rings (SSSR count). The molecular formula is C10H7I2N3O. The van der Waals surface area contributed by atoms with Crippen LogP contribution in [-0.2, 0) is 0 Å². The first-order valence-corrected chi connectivity index (χ1v) is 6.61. The zero-order valence-electron chi connectivity index (χ0n) is 8.32. The first-order valence-electron chi connectivity index (χ1n) is 4.46. The molecule has 6 heteroatoms. The number of carbonyl (C=O) groups excluding carboxylic acids is 1. The summed E-state index contributed by atoms with van der Waals surface area (Å²) in [5.74, 6) is 0.637. The van der Waals surface area contributed by atoms with Gasteiger partial charge < -0.3 is 0 Å². The van der Waals surface area contributed by atoms with E-state index in [1.807, 2.05) is 4.57 Å². The first kappa shape index (κ1) is 12.0. The number of rotatable bonds is 2. The van der Waals surface area contributed by atoms with E-state index in [0.717, 1.165) is 7.40 Å². The Hall–Kier alpha value is -0.510. The quantitative estimate of drug-likeness (QED) is 0.535. The number of aromatic nitrogens is 3. The lowest BCUT2D eigenvalue weighted by Gasteiger charge is -2.06. The highest BCUT2D eigenvalue weighted by molar-refractivity contribution is 14.1. The smallest absolute Gasteiger partial charge is 0.163 e. The van der Waals surface area contributed by atoms with E-state index in [1.54, 1.807) is 24.7 Å². The molecule has 0 amide bonds. The van der Waals surface area contributed by atoms with Gasteiger partial charge >= 0.3 is 0 Å². The molecule has 2 aromatic rings. The third-order valence-corrected chi connectivity index (χ3v) is 4.91. The van der Waals surface area contributed by atoms with Crippen LogP contribution in [0.15, 0.2) is 24.7 Å². The van der Waals surface area contributed by atoms with Crippen LogP contribution in [0, 0.1) is 7.40 Å². The van der Waals surface area contributed by atoms with Gasteiger partial charge in [0.25, 0.3) is 0 Å². The topological polar surface area (TPSA) is 47.8 Å². The van der Waals surface area contributed by atoms with Gasteiger partial charge in [0.15, 0.2) is 5.78 Å². The second kappa shape index (κ2) is 4.78. The molecule has 2 heterocycles. The van der Waals surface area contributed by atoms with E-state index in [-0.39, 0.29) is 5.78 Å². The normalized spacial score (nSPS) is 10.4. The molecule has 0 radical (unpaired) electrons. The summed E-state index contributed by atoms with van der Waals surface area (Å²) in [7, 11) is 0. The summed E-state index contributed by atoms with van der Waals surface area (Å²) in [6.45, 7) is 1.54. The maximum Gasteiger partial charge on any atom is 0.163 e. The van der Waals surface area contributed by atoms with Gasteiger partial charge in [-0.1, -0.05) is 0 Å². The predicted molar refractivity (Wildman–Crippen MR) is 76.8 cm³/mol. The molecule has 0 saturated carbocycles. The minimum Gasteiger partial charge on any atom is -0.294 e. The maximum absolute atomic E-state index is 11.5. The second-order valence-corrected chi connectivity index (χ2v) is 5.17. The Labute approximate surface area is 120 Å². The molecule has 82 valence electrons. The van der Waals surface area contributed by atoms with Crippen LogP contribution in [0.1, 0.15) is 17.3 Å². The monoisotopic (exact) mass is 439 g/mol. The number of hydrogen-bond acceptors (Lipinski definition) is 3. The summed E-state index contributed by atoms with van der Waals surface area (Å²) >= 11 is 4.33. The molecule has 0 atom stereocenters. The summed E-state index contributed by atoms with van der Waals surface area (Å²) in [5.41, 5.74) is 0.606. The molecule has 0 fully saturated rings. The Balaban J connectivity index is 2.64. The molecule has 0 aliphatic rings. The van der Waals surface area contributed by atoms with Crippen LogP contribution in [0.3, 0.4) is 0 Å². The van der Waals surface area contributed by atoms with E-state index in [9.17, 15) is 4.79 Å². The summed E-state index contributed by atoms with van der Waals surface area (Å²) in [4.78, 5) is 19.9. The van der Waals surface area contributed by atoms with Gasteiger partial charge in [-0.2, -0.15) is 0 Å². The van der Waals surface area contributed by atoms with Crippen LogP contribution >= 0.6 is 45.2 Å². The summed E-state index contributed by atoms with van der Waals surface area (Å²) in [6, 6.07) is 3.53. The summed E-state index contributed by atoms with van der Waals surface area (Å²) in [6.07, 6.45) is 3.35. The van der Waals surface area contributed by atoms with Crippen molar-refractivity contribution in [2.45, 2.75) is 6.92 Å². The van der Waals surface area contributed by atoms with Crippen LogP contribution in [0.4, 0.5) is 0 Å². The molecule has 0 aromatic carbocycles. The Kier molecular flexibility index (Phi) is 3.57. The number of imidazole rings is 1. The molecule has 0 N–H and O–H groups in total. The van der Waals surface area contributed by atoms with Gasteiger partial charge in [-0.3, -0.25) is 9.36 Å². The number of Topliss-reactive ketones (excluding diaryl/α,β-unsaturated/α-hetero) is 1. The Morgan fingerprint density at radius 2 is 2.12 bits per heavy atom. The van der Waals surface area contributed by atoms with E-state index in [0.29, 0.717) is 11.4 Å². The van der Waals surface area contributed by atoms with Gasteiger partial charge in [0.05, 0.1) is 5.56 Å². The van der Waals surface area contributed by atoms with Crippen molar-refractivity contribution in [2.24, 2.45) is 0 Å². The highest BCUT2D eigenvalue weighted by Crippen LogP contribution is 2.19. The van der Waals surface area contributed by atoms with Crippen LogP contribution in [0.25, 0.3) is 5.82 Å². The average Bonchev–Trinajstić information content (AvgIpc) is 2.60. The average molecular weight is 439 g/mol. The summed E-state index contributed by atoms with van der Waals surface area (Å²) in [5, 5.41) is 0. The van der Waals surface area contributed by atoms with Gasteiger partial charge in [-0.25, -0.2) is 9.97 Å².